The van der Waals surface area contributed by atoms with Crippen LogP contribution in [0.15, 0.2) is 11.5 Å². The molecule has 0 saturated heterocycles. The summed E-state index contributed by atoms with van der Waals surface area (Å²) in [7, 11) is 1.63. The number of nitrogens with one attached hydrogen (secondary N) is 1. The van der Waals surface area contributed by atoms with Crippen LogP contribution in [0.1, 0.15) is 23.8 Å². The van der Waals surface area contributed by atoms with E-state index in [4.69, 9.17) is 0 Å². The van der Waals surface area contributed by atoms with E-state index < -0.39 is 0 Å². The zero-order valence-electron chi connectivity index (χ0n) is 13.0. The molecule has 1 atom stereocenters. The lowest BCUT2D eigenvalue weighted by Crippen LogP contribution is -2.19. The summed E-state index contributed by atoms with van der Waals surface area (Å²) >= 11 is 3.17. The quantitative estimate of drug-likeness (QED) is 0.736. The van der Waals surface area contributed by atoms with E-state index in [1.165, 1.54) is 28.6 Å². The molecule has 1 N–H and O–H groups in total. The van der Waals surface area contributed by atoms with Crippen molar-refractivity contribution in [2.45, 2.75) is 31.3 Å². The molecule has 23 heavy (non-hydrogen) atoms. The van der Waals surface area contributed by atoms with Crippen molar-refractivity contribution in [1.82, 2.24) is 24.9 Å². The number of hydrogen-bond acceptors (Lipinski definition) is 6. The highest BCUT2D eigenvalue weighted by atomic mass is 32.2. The van der Waals surface area contributed by atoms with Gasteiger partial charge in [-0.05, 0) is 30.7 Å². The molecule has 0 aliphatic heterocycles. The highest BCUT2D eigenvalue weighted by Crippen LogP contribution is 2.38. The van der Waals surface area contributed by atoms with Crippen LogP contribution in [-0.4, -0.2) is 38.3 Å². The summed E-state index contributed by atoms with van der Waals surface area (Å²) < 4.78 is 1.90. The first kappa shape index (κ1) is 14.9. The average Bonchev–Trinajstić information content (AvgIpc) is 3.12. The minimum Gasteiger partial charge on any atom is -0.358 e. The van der Waals surface area contributed by atoms with Crippen molar-refractivity contribution in [2.24, 2.45) is 5.92 Å². The van der Waals surface area contributed by atoms with Gasteiger partial charge < -0.3 is 5.32 Å². The minimum absolute atomic E-state index is 0.0253. The molecular weight excluding hydrogens is 330 g/mol. The van der Waals surface area contributed by atoms with Gasteiger partial charge in [-0.3, -0.25) is 9.20 Å². The summed E-state index contributed by atoms with van der Waals surface area (Å²) in [6.45, 7) is 2.31. The fourth-order valence-electron chi connectivity index (χ4n) is 3.02. The Morgan fingerprint density at radius 1 is 1.52 bits per heavy atom. The average molecular weight is 347 g/mol. The molecule has 1 aliphatic rings. The second-order valence-electron chi connectivity index (χ2n) is 5.91. The number of nitrogens with zero attached hydrogens (tertiary/aromatic N) is 4. The van der Waals surface area contributed by atoms with Gasteiger partial charge in [-0.25, -0.2) is 4.98 Å². The van der Waals surface area contributed by atoms with Crippen LogP contribution in [0.2, 0.25) is 0 Å². The molecule has 0 saturated carbocycles. The molecule has 0 bridgehead atoms. The first-order chi connectivity index (χ1) is 11.2. The first-order valence-corrected chi connectivity index (χ1v) is 9.45. The van der Waals surface area contributed by atoms with E-state index >= 15 is 0 Å². The Balaban J connectivity index is 1.80. The molecule has 0 spiro atoms. The molecule has 120 valence electrons. The predicted molar refractivity (Wildman–Crippen MR) is 92.1 cm³/mol. The number of fused-ring (bicyclic) bond motifs is 5. The Bertz CT molecular complexity index is 900. The summed E-state index contributed by atoms with van der Waals surface area (Å²) in [6, 6.07) is 0. The van der Waals surface area contributed by atoms with Crippen molar-refractivity contribution in [3.8, 4) is 0 Å². The number of thiophene rings is 1. The summed E-state index contributed by atoms with van der Waals surface area (Å²) in [5, 5.41) is 13.1. The highest BCUT2D eigenvalue weighted by molar-refractivity contribution is 7.99. The molecule has 0 aromatic carbocycles. The second-order valence-corrected chi connectivity index (χ2v) is 7.94. The monoisotopic (exact) mass is 347 g/mol. The predicted octanol–water partition coefficient (Wildman–Crippen LogP) is 2.30. The van der Waals surface area contributed by atoms with Crippen LogP contribution in [0.4, 0.5) is 0 Å². The number of thioether (sulfide) groups is 1. The van der Waals surface area contributed by atoms with Crippen LogP contribution in [0, 0.1) is 5.92 Å². The number of rotatable bonds is 3. The number of carbonyl (C=O) groups excluding carboxylic acids is 1. The number of aromatic nitrogens is 4. The van der Waals surface area contributed by atoms with Crippen molar-refractivity contribution >= 4 is 44.9 Å². The normalized spacial score (nSPS) is 17.6. The van der Waals surface area contributed by atoms with Crippen molar-refractivity contribution in [2.75, 3.05) is 12.8 Å². The molecule has 3 aromatic rings. The molecule has 4 rings (SSSR count). The van der Waals surface area contributed by atoms with Crippen molar-refractivity contribution in [1.29, 1.82) is 0 Å². The van der Waals surface area contributed by atoms with E-state index in [1.54, 1.807) is 24.7 Å². The van der Waals surface area contributed by atoms with E-state index in [2.05, 4.69) is 27.4 Å². The Kier molecular flexibility index (Phi) is 3.73. The standard InChI is InChI=1S/C15H17N5OS2/c1-8-3-4-9-10(5-8)23-14-12(9)13-18-19-15(20(13)7-17-14)22-6-11(21)16-2/h7-8H,3-6H2,1-2H3,(H,16,21). The summed E-state index contributed by atoms with van der Waals surface area (Å²) in [5.74, 6) is 1.04. The zero-order valence-corrected chi connectivity index (χ0v) is 14.6. The largest absolute Gasteiger partial charge is 0.358 e. The molecule has 6 nitrogen and oxygen atoms in total. The van der Waals surface area contributed by atoms with Gasteiger partial charge in [0.25, 0.3) is 0 Å². The number of carbonyl (C=O) groups is 1. The fourth-order valence-corrected chi connectivity index (χ4v) is 5.14. The molecule has 1 aliphatic carbocycles. The number of aryl methyl sites for hydroxylation is 1. The van der Waals surface area contributed by atoms with Gasteiger partial charge in [0.1, 0.15) is 11.2 Å². The van der Waals surface area contributed by atoms with Gasteiger partial charge in [-0.1, -0.05) is 18.7 Å². The van der Waals surface area contributed by atoms with Gasteiger partial charge >= 0.3 is 0 Å². The molecular formula is C15H17N5OS2. The Morgan fingerprint density at radius 2 is 2.39 bits per heavy atom. The molecule has 0 fully saturated rings. The third-order valence-corrected chi connectivity index (χ3v) is 6.39. The summed E-state index contributed by atoms with van der Waals surface area (Å²) in [6.07, 6.45) is 5.21. The Hall–Kier alpha value is -1.67. The van der Waals surface area contributed by atoms with Gasteiger partial charge in [0.05, 0.1) is 11.1 Å². The lowest BCUT2D eigenvalue weighted by molar-refractivity contribution is -0.118. The third kappa shape index (κ3) is 2.49. The van der Waals surface area contributed by atoms with Gasteiger partial charge in [0.2, 0.25) is 5.91 Å². The van der Waals surface area contributed by atoms with Crippen molar-refractivity contribution in [3.05, 3.63) is 16.8 Å². The molecule has 1 amide bonds. The number of hydrogen-bond donors (Lipinski definition) is 1. The van der Waals surface area contributed by atoms with E-state index in [1.807, 2.05) is 4.40 Å². The molecule has 8 heteroatoms. The van der Waals surface area contributed by atoms with E-state index in [9.17, 15) is 4.79 Å². The van der Waals surface area contributed by atoms with Crippen molar-refractivity contribution in [3.63, 3.8) is 0 Å². The zero-order chi connectivity index (χ0) is 16.0. The maximum absolute atomic E-state index is 11.4. The van der Waals surface area contributed by atoms with Crippen LogP contribution in [0.25, 0.3) is 15.9 Å². The van der Waals surface area contributed by atoms with Crippen LogP contribution in [0.3, 0.4) is 0 Å². The van der Waals surface area contributed by atoms with Gasteiger partial charge in [0.15, 0.2) is 10.8 Å². The van der Waals surface area contributed by atoms with Crippen molar-refractivity contribution < 1.29 is 4.79 Å². The van der Waals surface area contributed by atoms with E-state index in [-0.39, 0.29) is 5.91 Å². The molecule has 1 unspecified atom stereocenters. The maximum Gasteiger partial charge on any atom is 0.230 e. The second kappa shape index (κ2) is 5.76. The molecule has 3 aromatic heterocycles. The van der Waals surface area contributed by atoms with Gasteiger partial charge in [-0.15, -0.1) is 21.5 Å². The van der Waals surface area contributed by atoms with Crippen LogP contribution in [-0.2, 0) is 17.6 Å². The summed E-state index contributed by atoms with van der Waals surface area (Å²) in [5.41, 5.74) is 2.26. The van der Waals surface area contributed by atoms with Gasteiger partial charge in [-0.2, -0.15) is 0 Å². The minimum atomic E-state index is -0.0253. The lowest BCUT2D eigenvalue weighted by Gasteiger charge is -2.17. The smallest absolute Gasteiger partial charge is 0.230 e. The lowest BCUT2D eigenvalue weighted by atomic mass is 9.89. The van der Waals surface area contributed by atoms with Crippen LogP contribution < -0.4 is 5.32 Å². The van der Waals surface area contributed by atoms with E-state index in [0.717, 1.165) is 34.6 Å². The third-order valence-electron chi connectivity index (χ3n) is 4.28. The Morgan fingerprint density at radius 3 is 3.22 bits per heavy atom. The summed E-state index contributed by atoms with van der Waals surface area (Å²) in [4.78, 5) is 18.5. The maximum atomic E-state index is 11.4. The van der Waals surface area contributed by atoms with Crippen LogP contribution in [0.5, 0.6) is 0 Å². The van der Waals surface area contributed by atoms with E-state index in [0.29, 0.717) is 10.9 Å². The molecule has 3 heterocycles. The van der Waals surface area contributed by atoms with Crippen LogP contribution >= 0.6 is 23.1 Å². The SMILES string of the molecule is CNC(=O)CSc1nnc2c3c4c(sc3ncn12)CC(C)CC4. The highest BCUT2D eigenvalue weighted by Gasteiger charge is 2.23. The topological polar surface area (TPSA) is 72.2 Å². The first-order valence-electron chi connectivity index (χ1n) is 7.64. The fraction of sp³-hybridized carbons (Fsp3) is 0.467. The molecule has 0 radical (unpaired) electrons. The Labute approximate surface area is 141 Å². The van der Waals surface area contributed by atoms with Gasteiger partial charge in [0, 0.05) is 11.9 Å². The number of amides is 1.